The van der Waals surface area contributed by atoms with E-state index in [0.29, 0.717) is 19.5 Å². The van der Waals surface area contributed by atoms with Gasteiger partial charge in [-0.2, -0.15) is 0 Å². The van der Waals surface area contributed by atoms with Gasteiger partial charge >= 0.3 is 6.03 Å². The van der Waals surface area contributed by atoms with E-state index in [1.807, 2.05) is 0 Å². The molecule has 0 saturated heterocycles. The lowest BCUT2D eigenvalue weighted by molar-refractivity contribution is -0.121. The van der Waals surface area contributed by atoms with E-state index >= 15 is 0 Å². The number of urea groups is 1. The summed E-state index contributed by atoms with van der Waals surface area (Å²) in [6.07, 6.45) is 20.9. The van der Waals surface area contributed by atoms with E-state index in [2.05, 4.69) is 29.0 Å². The zero-order chi connectivity index (χ0) is 22.7. The van der Waals surface area contributed by atoms with Crippen molar-refractivity contribution in [3.05, 3.63) is 0 Å². The van der Waals surface area contributed by atoms with E-state index in [9.17, 15) is 4.79 Å². The number of rotatable bonds is 21. The van der Waals surface area contributed by atoms with Crippen LogP contribution in [-0.4, -0.2) is 43.3 Å². The summed E-state index contributed by atoms with van der Waals surface area (Å²) in [7, 11) is 0. The minimum Gasteiger partial charge on any atom is -0.395 e. The highest BCUT2D eigenvalue weighted by atomic mass is 16.3. The molecule has 180 valence electrons. The van der Waals surface area contributed by atoms with Crippen LogP contribution in [0.1, 0.15) is 110 Å². The van der Waals surface area contributed by atoms with Crippen LogP contribution in [0.3, 0.4) is 0 Å². The van der Waals surface area contributed by atoms with Crippen molar-refractivity contribution in [1.29, 1.82) is 0 Å². The summed E-state index contributed by atoms with van der Waals surface area (Å²) in [4.78, 5) is 20.6. The minimum absolute atomic E-state index is 0.146. The van der Waals surface area contributed by atoms with Gasteiger partial charge in [0.25, 0.3) is 0 Å². The van der Waals surface area contributed by atoms with E-state index < -0.39 is 6.03 Å². The number of hydrogen-bond donors (Lipinski definition) is 5. The number of aliphatic hydroxyl groups excluding tert-OH is 1. The first kappa shape index (κ1) is 30.9. The molecule has 0 aliphatic heterocycles. The molecule has 0 unspecified atom stereocenters. The molecule has 7 nitrogen and oxygen atoms in total. The molecule has 0 radical (unpaired) electrons. The van der Waals surface area contributed by atoms with Gasteiger partial charge in [0.2, 0.25) is 5.91 Å². The van der Waals surface area contributed by atoms with Gasteiger partial charge < -0.3 is 27.2 Å². The van der Waals surface area contributed by atoms with E-state index in [-0.39, 0.29) is 12.5 Å². The Labute approximate surface area is 185 Å². The zero-order valence-corrected chi connectivity index (χ0v) is 19.6. The molecule has 0 aromatic carbocycles. The van der Waals surface area contributed by atoms with Gasteiger partial charge in [0, 0.05) is 26.1 Å². The van der Waals surface area contributed by atoms with Crippen molar-refractivity contribution >= 4 is 11.9 Å². The molecule has 0 heterocycles. The SMILES string of the molecule is CCCCCCCCCCCCCCCCCC(=O)NCCNCCO.NC(N)=O. The quantitative estimate of drug-likeness (QED) is 0.176. The molecule has 7 N–H and O–H groups in total. The van der Waals surface area contributed by atoms with Gasteiger partial charge in [-0.05, 0) is 6.42 Å². The second kappa shape index (κ2) is 27.7. The van der Waals surface area contributed by atoms with Crippen molar-refractivity contribution in [3.8, 4) is 0 Å². The molecule has 0 aromatic rings. The topological polar surface area (TPSA) is 130 Å². The van der Waals surface area contributed by atoms with E-state index in [0.717, 1.165) is 13.0 Å². The van der Waals surface area contributed by atoms with Crippen molar-refractivity contribution in [3.63, 3.8) is 0 Å². The fourth-order valence-corrected chi connectivity index (χ4v) is 3.24. The van der Waals surface area contributed by atoms with E-state index in [4.69, 9.17) is 9.90 Å². The van der Waals surface area contributed by atoms with Crippen molar-refractivity contribution < 1.29 is 14.7 Å². The summed E-state index contributed by atoms with van der Waals surface area (Å²) in [6, 6.07) is -0.833. The summed E-state index contributed by atoms with van der Waals surface area (Å²) in [5, 5.41) is 14.6. The first-order valence-electron chi connectivity index (χ1n) is 12.2. The molecule has 0 spiro atoms. The molecule has 0 bridgehead atoms. The number of primary amides is 2. The second-order valence-corrected chi connectivity index (χ2v) is 7.93. The molecular formula is C23H50N4O3. The van der Waals surface area contributed by atoms with Gasteiger partial charge in [0.15, 0.2) is 0 Å². The van der Waals surface area contributed by atoms with Crippen LogP contribution in [0.15, 0.2) is 0 Å². The number of nitrogens with two attached hydrogens (primary N) is 2. The highest BCUT2D eigenvalue weighted by molar-refractivity contribution is 5.75. The average molecular weight is 431 g/mol. The van der Waals surface area contributed by atoms with E-state index in [1.54, 1.807) is 0 Å². The maximum Gasteiger partial charge on any atom is 0.309 e. The highest BCUT2D eigenvalue weighted by Gasteiger charge is 2.00. The largest absolute Gasteiger partial charge is 0.395 e. The van der Waals surface area contributed by atoms with Gasteiger partial charge in [-0.25, -0.2) is 4.79 Å². The molecule has 0 aliphatic rings. The molecular weight excluding hydrogens is 380 g/mol. The molecule has 0 aromatic heterocycles. The molecule has 0 rings (SSSR count). The Balaban J connectivity index is 0. The number of aliphatic hydroxyl groups is 1. The Kier molecular flexibility index (Phi) is 28.4. The Morgan fingerprint density at radius 3 is 1.47 bits per heavy atom. The summed E-state index contributed by atoms with van der Waals surface area (Å²) < 4.78 is 0. The van der Waals surface area contributed by atoms with Gasteiger partial charge in [0.1, 0.15) is 0 Å². The fraction of sp³-hybridized carbons (Fsp3) is 0.913. The van der Waals surface area contributed by atoms with Crippen LogP contribution >= 0.6 is 0 Å². The summed E-state index contributed by atoms with van der Waals surface area (Å²) >= 11 is 0. The number of hydrogen-bond acceptors (Lipinski definition) is 4. The summed E-state index contributed by atoms with van der Waals surface area (Å²) in [5.41, 5.74) is 8.50. The molecule has 3 amide bonds. The standard InChI is InChI=1S/C22H46N2O2.CH4N2O/c1-2-3-4-5-6-7-8-9-10-11-12-13-14-15-16-17-22(26)24-19-18-23-20-21-25;2-1(3)4/h23,25H,2-21H2,1H3,(H,24,26);(H4,2,3,4). The predicted molar refractivity (Wildman–Crippen MR) is 126 cm³/mol. The third-order valence-electron chi connectivity index (χ3n) is 4.92. The molecule has 0 atom stereocenters. The minimum atomic E-state index is -0.833. The Hall–Kier alpha value is -1.34. The van der Waals surface area contributed by atoms with Crippen molar-refractivity contribution in [2.45, 2.75) is 110 Å². The van der Waals surface area contributed by atoms with Crippen LogP contribution in [-0.2, 0) is 4.79 Å². The number of carbonyl (C=O) groups is 2. The van der Waals surface area contributed by atoms with Crippen molar-refractivity contribution in [1.82, 2.24) is 10.6 Å². The average Bonchev–Trinajstić information content (AvgIpc) is 2.70. The molecule has 7 heteroatoms. The number of amides is 3. The van der Waals surface area contributed by atoms with Crippen LogP contribution in [0.25, 0.3) is 0 Å². The fourth-order valence-electron chi connectivity index (χ4n) is 3.24. The normalized spacial score (nSPS) is 10.3. The first-order chi connectivity index (χ1) is 14.5. The van der Waals surface area contributed by atoms with Crippen LogP contribution in [0, 0.1) is 0 Å². The third kappa shape index (κ3) is 34.2. The van der Waals surface area contributed by atoms with Gasteiger partial charge in [-0.1, -0.05) is 96.8 Å². The van der Waals surface area contributed by atoms with Crippen molar-refractivity contribution in [2.75, 3.05) is 26.2 Å². The zero-order valence-electron chi connectivity index (χ0n) is 19.6. The van der Waals surface area contributed by atoms with Crippen LogP contribution in [0.4, 0.5) is 4.79 Å². The van der Waals surface area contributed by atoms with Gasteiger partial charge in [-0.3, -0.25) is 4.79 Å². The Morgan fingerprint density at radius 1 is 0.667 bits per heavy atom. The maximum atomic E-state index is 11.6. The number of nitrogens with one attached hydrogen (secondary N) is 2. The van der Waals surface area contributed by atoms with Gasteiger partial charge in [0.05, 0.1) is 6.61 Å². The molecule has 0 fully saturated rings. The first-order valence-corrected chi connectivity index (χ1v) is 12.2. The lowest BCUT2D eigenvalue weighted by Gasteiger charge is -2.06. The number of unbranched alkanes of at least 4 members (excludes halogenated alkanes) is 14. The number of carbonyl (C=O) groups excluding carboxylic acids is 2. The lowest BCUT2D eigenvalue weighted by Crippen LogP contribution is -2.32. The molecule has 0 aliphatic carbocycles. The predicted octanol–water partition coefficient (Wildman–Crippen LogP) is 3.97. The Bertz CT molecular complexity index is 364. The summed E-state index contributed by atoms with van der Waals surface area (Å²) in [6.45, 7) is 4.39. The van der Waals surface area contributed by atoms with E-state index in [1.165, 1.54) is 89.9 Å². The van der Waals surface area contributed by atoms with Crippen molar-refractivity contribution in [2.24, 2.45) is 11.5 Å². The maximum absolute atomic E-state index is 11.6. The lowest BCUT2D eigenvalue weighted by atomic mass is 10.0. The highest BCUT2D eigenvalue weighted by Crippen LogP contribution is 2.13. The molecule has 30 heavy (non-hydrogen) atoms. The monoisotopic (exact) mass is 430 g/mol. The van der Waals surface area contributed by atoms with Crippen LogP contribution in [0.5, 0.6) is 0 Å². The Morgan fingerprint density at radius 2 is 1.07 bits per heavy atom. The van der Waals surface area contributed by atoms with Crippen LogP contribution in [0.2, 0.25) is 0 Å². The van der Waals surface area contributed by atoms with Crippen LogP contribution < -0.4 is 22.1 Å². The smallest absolute Gasteiger partial charge is 0.309 e. The second-order valence-electron chi connectivity index (χ2n) is 7.93. The summed E-state index contributed by atoms with van der Waals surface area (Å²) in [5.74, 6) is 0.158. The third-order valence-corrected chi connectivity index (χ3v) is 4.92. The molecule has 0 saturated carbocycles. The van der Waals surface area contributed by atoms with Gasteiger partial charge in [-0.15, -0.1) is 0 Å².